The zero-order valence-electron chi connectivity index (χ0n) is 19.0. The van der Waals surface area contributed by atoms with Crippen LogP contribution in [0.1, 0.15) is 55.6 Å². The largest absolute Gasteiger partial charge is 0.490 e. The highest BCUT2D eigenvalue weighted by molar-refractivity contribution is 5.99. The zero-order chi connectivity index (χ0) is 23.3. The van der Waals surface area contributed by atoms with Gasteiger partial charge in [0.25, 0.3) is 5.91 Å². The van der Waals surface area contributed by atoms with Crippen molar-refractivity contribution in [2.75, 3.05) is 7.05 Å². The number of nitrogens with zero attached hydrogens (tertiary/aromatic N) is 1. The Balaban J connectivity index is 1.99. The summed E-state index contributed by atoms with van der Waals surface area (Å²) < 4.78 is 19.5. The number of rotatable bonds is 2. The number of nitrogens with one attached hydrogen (secondary N) is 1. The lowest BCUT2D eigenvalue weighted by atomic mass is 9.98. The van der Waals surface area contributed by atoms with E-state index >= 15 is 0 Å². The Bertz CT molecular complexity index is 971. The predicted octanol–water partition coefficient (Wildman–Crippen LogP) is 4.90. The van der Waals surface area contributed by atoms with Gasteiger partial charge in [-0.3, -0.25) is 9.59 Å². The molecule has 0 aliphatic carbocycles. The van der Waals surface area contributed by atoms with E-state index in [0.29, 0.717) is 24.2 Å². The molecule has 0 aromatic heterocycles. The fourth-order valence-electron chi connectivity index (χ4n) is 4.00. The molecule has 2 aromatic rings. The Labute approximate surface area is 189 Å². The maximum atomic E-state index is 13.4. The van der Waals surface area contributed by atoms with Gasteiger partial charge in [0, 0.05) is 13.5 Å². The van der Waals surface area contributed by atoms with E-state index in [2.05, 4.69) is 5.32 Å². The van der Waals surface area contributed by atoms with Crippen LogP contribution in [-0.4, -0.2) is 35.9 Å². The van der Waals surface area contributed by atoms with Crippen molar-refractivity contribution < 1.29 is 18.7 Å². The van der Waals surface area contributed by atoms with E-state index in [1.165, 1.54) is 17.0 Å². The number of benzene rings is 2. The standard InChI is InChI=1S/C26H31FN2O3/c1-17(2)24-25(30)28-22(19-13-15-20(27)16-14-19)11-7-5-9-18(3)32-23-12-8-6-10-21(23)26(31)29(24)4/h5-8,10,12-18,22,24H,9,11H2,1-4H3,(H,28,30)/b7-5-/t18-,22-,24+/m0/s1. The second kappa shape index (κ2) is 10.4. The molecule has 3 rings (SSSR count). The molecule has 0 spiro atoms. The Morgan fingerprint density at radius 1 is 1.03 bits per heavy atom. The summed E-state index contributed by atoms with van der Waals surface area (Å²) in [5, 5.41) is 3.09. The minimum atomic E-state index is -0.678. The van der Waals surface area contributed by atoms with Crippen molar-refractivity contribution >= 4 is 11.8 Å². The van der Waals surface area contributed by atoms with Gasteiger partial charge in [0.2, 0.25) is 5.91 Å². The third-order valence-corrected chi connectivity index (χ3v) is 5.68. The van der Waals surface area contributed by atoms with Gasteiger partial charge in [0.15, 0.2) is 0 Å². The predicted molar refractivity (Wildman–Crippen MR) is 123 cm³/mol. The first-order chi connectivity index (χ1) is 15.3. The Morgan fingerprint density at radius 3 is 2.38 bits per heavy atom. The number of likely N-dealkylation sites (N-methyl/N-ethyl adjacent to an activating group) is 1. The van der Waals surface area contributed by atoms with Crippen molar-refractivity contribution in [1.82, 2.24) is 10.2 Å². The van der Waals surface area contributed by atoms with Crippen LogP contribution in [0.4, 0.5) is 4.39 Å². The molecular formula is C26H31FN2O3. The van der Waals surface area contributed by atoms with E-state index in [0.717, 1.165) is 5.56 Å². The fourth-order valence-corrected chi connectivity index (χ4v) is 4.00. The quantitative estimate of drug-likeness (QED) is 0.679. The van der Waals surface area contributed by atoms with E-state index in [-0.39, 0.29) is 35.7 Å². The first-order valence-electron chi connectivity index (χ1n) is 11.0. The highest BCUT2D eigenvalue weighted by Crippen LogP contribution is 2.25. The summed E-state index contributed by atoms with van der Waals surface area (Å²) in [7, 11) is 1.64. The summed E-state index contributed by atoms with van der Waals surface area (Å²) in [6.45, 7) is 5.78. The Morgan fingerprint density at radius 2 is 1.69 bits per heavy atom. The van der Waals surface area contributed by atoms with E-state index in [9.17, 15) is 14.0 Å². The minimum Gasteiger partial charge on any atom is -0.490 e. The maximum Gasteiger partial charge on any atom is 0.258 e. The molecule has 6 heteroatoms. The van der Waals surface area contributed by atoms with Gasteiger partial charge in [0.05, 0.1) is 17.7 Å². The smallest absolute Gasteiger partial charge is 0.258 e. The summed E-state index contributed by atoms with van der Waals surface area (Å²) in [5.74, 6) is -0.454. The minimum absolute atomic E-state index is 0.117. The first kappa shape index (κ1) is 23.5. The average molecular weight is 439 g/mol. The van der Waals surface area contributed by atoms with Crippen molar-refractivity contribution in [3.63, 3.8) is 0 Å². The fraction of sp³-hybridized carbons (Fsp3) is 0.385. The molecule has 1 aliphatic rings. The second-order valence-corrected chi connectivity index (χ2v) is 8.59. The lowest BCUT2D eigenvalue weighted by Gasteiger charge is -2.32. The monoisotopic (exact) mass is 438 g/mol. The molecule has 170 valence electrons. The maximum absolute atomic E-state index is 13.4. The molecule has 0 saturated carbocycles. The van der Waals surface area contributed by atoms with Gasteiger partial charge in [-0.1, -0.05) is 50.3 Å². The molecular weight excluding hydrogens is 407 g/mol. The van der Waals surface area contributed by atoms with Gasteiger partial charge in [-0.25, -0.2) is 4.39 Å². The van der Waals surface area contributed by atoms with E-state index in [1.54, 1.807) is 37.4 Å². The second-order valence-electron chi connectivity index (χ2n) is 8.59. The number of ether oxygens (including phenoxy) is 1. The molecule has 5 nitrogen and oxygen atoms in total. The highest BCUT2D eigenvalue weighted by Gasteiger charge is 2.33. The molecule has 1 aliphatic heterocycles. The summed E-state index contributed by atoms with van der Waals surface area (Å²) in [4.78, 5) is 28.2. The van der Waals surface area contributed by atoms with Gasteiger partial charge in [-0.15, -0.1) is 0 Å². The van der Waals surface area contributed by atoms with E-state index in [1.807, 2.05) is 39.0 Å². The topological polar surface area (TPSA) is 58.6 Å². The number of para-hydroxylation sites is 1. The van der Waals surface area contributed by atoms with Crippen LogP contribution in [0.2, 0.25) is 0 Å². The summed E-state index contributed by atoms with van der Waals surface area (Å²) >= 11 is 0. The summed E-state index contributed by atoms with van der Waals surface area (Å²) in [6.07, 6.45) is 5.08. The summed E-state index contributed by atoms with van der Waals surface area (Å²) in [5.41, 5.74) is 1.24. The molecule has 32 heavy (non-hydrogen) atoms. The normalized spacial score (nSPS) is 23.7. The van der Waals surface area contributed by atoms with Crippen LogP contribution in [0.5, 0.6) is 5.75 Å². The number of hydrogen-bond donors (Lipinski definition) is 1. The first-order valence-corrected chi connectivity index (χ1v) is 11.0. The van der Waals surface area contributed by atoms with Gasteiger partial charge < -0.3 is 15.0 Å². The molecule has 0 radical (unpaired) electrons. The third kappa shape index (κ3) is 5.55. The average Bonchev–Trinajstić information content (AvgIpc) is 2.75. The number of hydrogen-bond acceptors (Lipinski definition) is 3. The lowest BCUT2D eigenvalue weighted by Crippen LogP contribution is -2.51. The molecule has 0 bridgehead atoms. The number of amides is 2. The zero-order valence-corrected chi connectivity index (χ0v) is 19.0. The van der Waals surface area contributed by atoms with E-state index in [4.69, 9.17) is 4.74 Å². The van der Waals surface area contributed by atoms with Crippen LogP contribution < -0.4 is 10.1 Å². The van der Waals surface area contributed by atoms with Gasteiger partial charge in [-0.05, 0) is 49.1 Å². The van der Waals surface area contributed by atoms with Gasteiger partial charge in [0.1, 0.15) is 17.6 Å². The number of halogens is 1. The lowest BCUT2D eigenvalue weighted by molar-refractivity contribution is -0.127. The van der Waals surface area contributed by atoms with Crippen LogP contribution in [0.25, 0.3) is 0 Å². The van der Waals surface area contributed by atoms with Crippen molar-refractivity contribution in [2.45, 2.75) is 51.8 Å². The highest BCUT2D eigenvalue weighted by atomic mass is 19.1. The SMILES string of the molecule is CC(C)[C@@H]1C(=O)N[C@H](c2ccc(F)cc2)C/C=C\C[C@H](C)Oc2ccccc2C(=O)N1C. The van der Waals surface area contributed by atoms with Crippen LogP contribution in [0, 0.1) is 11.7 Å². The van der Waals surface area contributed by atoms with Crippen molar-refractivity contribution in [2.24, 2.45) is 5.92 Å². The van der Waals surface area contributed by atoms with Crippen LogP contribution in [-0.2, 0) is 4.79 Å². The molecule has 1 N–H and O–H groups in total. The molecule has 1 heterocycles. The third-order valence-electron chi connectivity index (χ3n) is 5.68. The molecule has 0 unspecified atom stereocenters. The molecule has 0 saturated heterocycles. The molecule has 3 atom stereocenters. The Hall–Kier alpha value is -3.15. The van der Waals surface area contributed by atoms with Crippen LogP contribution >= 0.6 is 0 Å². The van der Waals surface area contributed by atoms with Crippen molar-refractivity contribution in [1.29, 1.82) is 0 Å². The number of fused-ring (bicyclic) bond motifs is 1. The summed E-state index contributed by atoms with van der Waals surface area (Å²) in [6, 6.07) is 12.2. The van der Waals surface area contributed by atoms with Gasteiger partial charge in [-0.2, -0.15) is 0 Å². The van der Waals surface area contributed by atoms with E-state index < -0.39 is 6.04 Å². The molecule has 2 amide bonds. The van der Waals surface area contributed by atoms with Crippen molar-refractivity contribution in [3.8, 4) is 5.75 Å². The van der Waals surface area contributed by atoms with Crippen LogP contribution in [0.3, 0.4) is 0 Å². The molecule has 0 fully saturated rings. The van der Waals surface area contributed by atoms with Crippen LogP contribution in [0.15, 0.2) is 60.7 Å². The van der Waals surface area contributed by atoms with Crippen molar-refractivity contribution in [3.05, 3.63) is 77.6 Å². The number of carbonyl (C=O) groups is 2. The number of carbonyl (C=O) groups excluding carboxylic acids is 2. The molecule has 2 aromatic carbocycles. The van der Waals surface area contributed by atoms with Gasteiger partial charge >= 0.3 is 0 Å². The Kier molecular flexibility index (Phi) is 7.67.